The molecule has 0 aliphatic carbocycles. The maximum Gasteiger partial charge on any atom is 0.0349 e. The molecular weight excluding hydrogens is 210 g/mol. The topological polar surface area (TPSA) is 42.1 Å². The largest absolute Gasteiger partial charge is 0.330 e. The van der Waals surface area contributed by atoms with Crippen LogP contribution in [0.25, 0.3) is 0 Å². The Kier molecular flexibility index (Phi) is 4.95. The predicted octanol–water partition coefficient (Wildman–Crippen LogP) is 2.35. The molecular formula is C14H23N3. The van der Waals surface area contributed by atoms with Gasteiger partial charge in [0.15, 0.2) is 0 Å². The van der Waals surface area contributed by atoms with Crippen LogP contribution in [-0.4, -0.2) is 29.5 Å². The second-order valence-electron chi connectivity index (χ2n) is 4.82. The third-order valence-electron chi connectivity index (χ3n) is 3.60. The lowest BCUT2D eigenvalue weighted by Crippen LogP contribution is -2.24. The van der Waals surface area contributed by atoms with Gasteiger partial charge in [0.05, 0.1) is 0 Å². The zero-order valence-corrected chi connectivity index (χ0v) is 10.5. The smallest absolute Gasteiger partial charge is 0.0349 e. The molecule has 0 spiro atoms. The van der Waals surface area contributed by atoms with E-state index in [2.05, 4.69) is 22.0 Å². The number of nitrogens with zero attached hydrogens (tertiary/aromatic N) is 2. The molecule has 1 aliphatic rings. The zero-order chi connectivity index (χ0) is 11.9. The lowest BCUT2D eigenvalue weighted by Gasteiger charge is -2.24. The highest BCUT2D eigenvalue weighted by Gasteiger charge is 2.24. The van der Waals surface area contributed by atoms with E-state index < -0.39 is 0 Å². The number of aromatic nitrogens is 1. The van der Waals surface area contributed by atoms with Crippen LogP contribution in [-0.2, 0) is 0 Å². The van der Waals surface area contributed by atoms with Gasteiger partial charge in [0.2, 0.25) is 0 Å². The van der Waals surface area contributed by atoms with Gasteiger partial charge in [0.1, 0.15) is 0 Å². The molecule has 2 rings (SSSR count). The molecule has 1 aromatic heterocycles. The minimum Gasteiger partial charge on any atom is -0.330 e. The van der Waals surface area contributed by atoms with Crippen LogP contribution in [0.4, 0.5) is 0 Å². The molecule has 0 saturated carbocycles. The van der Waals surface area contributed by atoms with Gasteiger partial charge in [-0.2, -0.15) is 0 Å². The molecule has 1 fully saturated rings. The number of likely N-dealkylation sites (tertiary alicyclic amines) is 1. The summed E-state index contributed by atoms with van der Waals surface area (Å²) in [4.78, 5) is 6.71. The molecule has 3 heteroatoms. The molecule has 1 atom stereocenters. The fraction of sp³-hybridized carbons (Fsp3) is 0.643. The summed E-state index contributed by atoms with van der Waals surface area (Å²) < 4.78 is 0. The van der Waals surface area contributed by atoms with Crippen LogP contribution in [0.15, 0.2) is 24.5 Å². The average molecular weight is 233 g/mol. The van der Waals surface area contributed by atoms with Crippen molar-refractivity contribution in [3.8, 4) is 0 Å². The Hall–Kier alpha value is -0.930. The van der Waals surface area contributed by atoms with Crippen molar-refractivity contribution < 1.29 is 0 Å². The van der Waals surface area contributed by atoms with Crippen molar-refractivity contribution in [2.24, 2.45) is 5.73 Å². The van der Waals surface area contributed by atoms with Crippen molar-refractivity contribution in [1.29, 1.82) is 0 Å². The van der Waals surface area contributed by atoms with Gasteiger partial charge in [0.25, 0.3) is 0 Å². The first-order valence-electron chi connectivity index (χ1n) is 6.76. The third-order valence-corrected chi connectivity index (χ3v) is 3.60. The normalized spacial score (nSPS) is 20.9. The standard InChI is InChI=1S/C14H23N3/c15-8-2-1-3-11-17-12-4-5-14(17)13-6-9-16-10-7-13/h6-7,9-10,14H,1-5,8,11-12,15H2. The Labute approximate surface area is 104 Å². The van der Waals surface area contributed by atoms with Crippen molar-refractivity contribution in [3.05, 3.63) is 30.1 Å². The van der Waals surface area contributed by atoms with Crippen LogP contribution < -0.4 is 5.73 Å². The molecule has 1 unspecified atom stereocenters. The van der Waals surface area contributed by atoms with E-state index in [-0.39, 0.29) is 0 Å². The second-order valence-corrected chi connectivity index (χ2v) is 4.82. The Balaban J connectivity index is 1.85. The molecule has 3 nitrogen and oxygen atoms in total. The molecule has 17 heavy (non-hydrogen) atoms. The first-order chi connectivity index (χ1) is 8.42. The van der Waals surface area contributed by atoms with Gasteiger partial charge in [-0.05, 0) is 63.0 Å². The number of pyridine rings is 1. The lowest BCUT2D eigenvalue weighted by molar-refractivity contribution is 0.251. The molecule has 2 heterocycles. The molecule has 0 bridgehead atoms. The molecule has 0 aromatic carbocycles. The molecule has 1 saturated heterocycles. The van der Waals surface area contributed by atoms with E-state index in [1.807, 2.05) is 12.4 Å². The molecule has 2 N–H and O–H groups in total. The van der Waals surface area contributed by atoms with E-state index in [0.717, 1.165) is 13.0 Å². The van der Waals surface area contributed by atoms with E-state index in [1.54, 1.807) is 0 Å². The Bertz CT molecular complexity index is 313. The highest BCUT2D eigenvalue weighted by molar-refractivity contribution is 5.16. The summed E-state index contributed by atoms with van der Waals surface area (Å²) in [5.74, 6) is 0. The van der Waals surface area contributed by atoms with E-state index >= 15 is 0 Å². The van der Waals surface area contributed by atoms with Crippen LogP contribution in [0, 0.1) is 0 Å². The van der Waals surface area contributed by atoms with Crippen LogP contribution in [0.1, 0.15) is 43.7 Å². The molecule has 0 amide bonds. The van der Waals surface area contributed by atoms with Crippen LogP contribution in [0.5, 0.6) is 0 Å². The monoisotopic (exact) mass is 233 g/mol. The van der Waals surface area contributed by atoms with Gasteiger partial charge in [-0.1, -0.05) is 6.42 Å². The minimum absolute atomic E-state index is 0.621. The Morgan fingerprint density at radius 2 is 2.06 bits per heavy atom. The lowest BCUT2D eigenvalue weighted by atomic mass is 10.1. The van der Waals surface area contributed by atoms with Crippen LogP contribution in [0.3, 0.4) is 0 Å². The highest BCUT2D eigenvalue weighted by Crippen LogP contribution is 2.31. The van der Waals surface area contributed by atoms with Gasteiger partial charge in [0, 0.05) is 18.4 Å². The summed E-state index contributed by atoms with van der Waals surface area (Å²) >= 11 is 0. The van der Waals surface area contributed by atoms with Crippen molar-refractivity contribution in [2.45, 2.75) is 38.1 Å². The summed E-state index contributed by atoms with van der Waals surface area (Å²) in [6.45, 7) is 3.29. The fourth-order valence-electron chi connectivity index (χ4n) is 2.69. The first kappa shape index (κ1) is 12.5. The fourth-order valence-corrected chi connectivity index (χ4v) is 2.69. The first-order valence-corrected chi connectivity index (χ1v) is 6.76. The van der Waals surface area contributed by atoms with Gasteiger partial charge < -0.3 is 5.73 Å². The highest BCUT2D eigenvalue weighted by atomic mass is 15.2. The number of hydrogen-bond acceptors (Lipinski definition) is 3. The van der Waals surface area contributed by atoms with Crippen LogP contribution >= 0.6 is 0 Å². The van der Waals surface area contributed by atoms with Gasteiger partial charge >= 0.3 is 0 Å². The Morgan fingerprint density at radius 3 is 2.82 bits per heavy atom. The van der Waals surface area contributed by atoms with E-state index in [9.17, 15) is 0 Å². The van der Waals surface area contributed by atoms with Crippen molar-refractivity contribution >= 4 is 0 Å². The second kappa shape index (κ2) is 6.72. The van der Waals surface area contributed by atoms with Crippen molar-refractivity contribution in [2.75, 3.05) is 19.6 Å². The summed E-state index contributed by atoms with van der Waals surface area (Å²) in [5.41, 5.74) is 6.95. The molecule has 0 radical (unpaired) electrons. The number of unbranched alkanes of at least 4 members (excludes halogenated alkanes) is 2. The zero-order valence-electron chi connectivity index (χ0n) is 10.5. The maximum absolute atomic E-state index is 5.52. The quantitative estimate of drug-likeness (QED) is 0.767. The van der Waals surface area contributed by atoms with Gasteiger partial charge in [-0.3, -0.25) is 9.88 Å². The molecule has 1 aromatic rings. The molecule has 1 aliphatic heterocycles. The van der Waals surface area contributed by atoms with Crippen molar-refractivity contribution in [3.63, 3.8) is 0 Å². The molecule has 94 valence electrons. The average Bonchev–Trinajstić information content (AvgIpc) is 2.84. The number of nitrogens with two attached hydrogens (primary N) is 1. The number of hydrogen-bond donors (Lipinski definition) is 1. The summed E-state index contributed by atoms with van der Waals surface area (Å²) in [6.07, 6.45) is 10.1. The summed E-state index contributed by atoms with van der Waals surface area (Å²) in [6, 6.07) is 4.93. The minimum atomic E-state index is 0.621. The Morgan fingerprint density at radius 1 is 1.24 bits per heavy atom. The van der Waals surface area contributed by atoms with Crippen LogP contribution in [0.2, 0.25) is 0 Å². The van der Waals surface area contributed by atoms with E-state index in [4.69, 9.17) is 5.73 Å². The van der Waals surface area contributed by atoms with E-state index in [0.29, 0.717) is 6.04 Å². The predicted molar refractivity (Wildman–Crippen MR) is 70.7 cm³/mol. The third kappa shape index (κ3) is 3.51. The number of rotatable bonds is 6. The summed E-state index contributed by atoms with van der Waals surface area (Å²) in [7, 11) is 0. The summed E-state index contributed by atoms with van der Waals surface area (Å²) in [5, 5.41) is 0. The van der Waals surface area contributed by atoms with Gasteiger partial charge in [-0.15, -0.1) is 0 Å². The van der Waals surface area contributed by atoms with Gasteiger partial charge in [-0.25, -0.2) is 0 Å². The van der Waals surface area contributed by atoms with E-state index in [1.165, 1.54) is 44.3 Å². The SMILES string of the molecule is NCCCCCN1CCCC1c1ccncc1. The van der Waals surface area contributed by atoms with Crippen molar-refractivity contribution in [1.82, 2.24) is 9.88 Å². The maximum atomic E-state index is 5.52.